The molecule has 2 aromatic carbocycles. The minimum Gasteiger partial charge on any atom is -0.493 e. The first-order valence-electron chi connectivity index (χ1n) is 7.39. The summed E-state index contributed by atoms with van der Waals surface area (Å²) in [5.41, 5.74) is 0.849. The van der Waals surface area contributed by atoms with Crippen molar-refractivity contribution in [2.75, 3.05) is 19.0 Å². The number of halogens is 3. The molecule has 0 aliphatic rings. The van der Waals surface area contributed by atoms with Gasteiger partial charge in [-0.15, -0.1) is 0 Å². The molecule has 4 nitrogen and oxygen atoms in total. The molecular weight excluding hydrogens is 457 g/mol. The lowest BCUT2D eigenvalue weighted by molar-refractivity contribution is -0.111. The monoisotopic (exact) mass is 471 g/mol. The van der Waals surface area contributed by atoms with Crippen LogP contribution in [0.25, 0.3) is 6.08 Å². The van der Waals surface area contributed by atoms with Gasteiger partial charge in [-0.25, -0.2) is 4.39 Å². The van der Waals surface area contributed by atoms with Crippen LogP contribution in [0.3, 0.4) is 0 Å². The number of carbonyl (C=O) groups excluding carboxylic acids is 1. The topological polar surface area (TPSA) is 47.6 Å². The molecule has 0 aliphatic carbocycles. The number of hydrogen-bond donors (Lipinski definition) is 1. The normalized spacial score (nSPS) is 10.8. The lowest BCUT2D eigenvalue weighted by Crippen LogP contribution is -2.09. The summed E-state index contributed by atoms with van der Waals surface area (Å²) < 4.78 is 25.9. The van der Waals surface area contributed by atoms with Gasteiger partial charge < -0.3 is 14.8 Å². The Hall–Kier alpha value is -1.86. The molecule has 7 heteroatoms. The Morgan fingerprint density at radius 2 is 2.04 bits per heavy atom. The standard InChI is InChI=1S/C18H16Br2FNO3/c1-3-25-18-13(20)8-11(9-16(18)24-2)4-7-17(23)22-15-6-5-12(19)10-14(15)21/h4-10H,3H2,1-2H3,(H,22,23)/b7-4+. The summed E-state index contributed by atoms with van der Waals surface area (Å²) in [7, 11) is 1.54. The molecule has 0 aromatic heterocycles. The SMILES string of the molecule is CCOc1c(Br)cc(/C=C/C(=O)Nc2ccc(Br)cc2F)cc1OC. The van der Waals surface area contributed by atoms with Crippen LogP contribution in [0.5, 0.6) is 11.5 Å². The maximum atomic E-state index is 13.7. The zero-order chi connectivity index (χ0) is 18.4. The highest BCUT2D eigenvalue weighted by Gasteiger charge is 2.10. The molecule has 0 radical (unpaired) electrons. The summed E-state index contributed by atoms with van der Waals surface area (Å²) in [6.07, 6.45) is 2.93. The Morgan fingerprint density at radius 3 is 2.68 bits per heavy atom. The largest absolute Gasteiger partial charge is 0.493 e. The minimum atomic E-state index is -0.512. The fourth-order valence-electron chi connectivity index (χ4n) is 2.06. The van der Waals surface area contributed by atoms with Gasteiger partial charge in [-0.3, -0.25) is 4.79 Å². The van der Waals surface area contributed by atoms with Crippen LogP contribution in [0, 0.1) is 5.82 Å². The van der Waals surface area contributed by atoms with Gasteiger partial charge in [0.2, 0.25) is 5.91 Å². The van der Waals surface area contributed by atoms with E-state index >= 15 is 0 Å². The quantitative estimate of drug-likeness (QED) is 0.572. The van der Waals surface area contributed by atoms with Crippen molar-refractivity contribution >= 4 is 49.5 Å². The molecular formula is C18H16Br2FNO3. The highest BCUT2D eigenvalue weighted by Crippen LogP contribution is 2.37. The molecule has 2 rings (SSSR count). The van der Waals surface area contributed by atoms with Crippen LogP contribution in [-0.4, -0.2) is 19.6 Å². The van der Waals surface area contributed by atoms with E-state index < -0.39 is 11.7 Å². The molecule has 0 atom stereocenters. The number of amides is 1. The molecule has 0 fully saturated rings. The number of rotatable bonds is 6. The number of benzene rings is 2. The van der Waals surface area contributed by atoms with Crippen LogP contribution in [0.1, 0.15) is 12.5 Å². The van der Waals surface area contributed by atoms with Gasteiger partial charge in [0.25, 0.3) is 0 Å². The molecule has 25 heavy (non-hydrogen) atoms. The van der Waals surface area contributed by atoms with Gasteiger partial charge in [0, 0.05) is 10.5 Å². The molecule has 2 aromatic rings. The second-order valence-corrected chi connectivity index (χ2v) is 6.68. The van der Waals surface area contributed by atoms with Gasteiger partial charge >= 0.3 is 0 Å². The van der Waals surface area contributed by atoms with Crippen molar-refractivity contribution in [1.29, 1.82) is 0 Å². The molecule has 0 heterocycles. The highest BCUT2D eigenvalue weighted by molar-refractivity contribution is 9.10. The van der Waals surface area contributed by atoms with E-state index in [9.17, 15) is 9.18 Å². The van der Waals surface area contributed by atoms with Gasteiger partial charge in [0.1, 0.15) is 5.82 Å². The van der Waals surface area contributed by atoms with Crippen LogP contribution in [0.4, 0.5) is 10.1 Å². The van der Waals surface area contributed by atoms with Gasteiger partial charge in [0.05, 0.1) is 23.9 Å². The molecule has 0 spiro atoms. The summed E-state index contributed by atoms with van der Waals surface area (Å²) in [6, 6.07) is 7.98. The molecule has 1 N–H and O–H groups in total. The lowest BCUT2D eigenvalue weighted by atomic mass is 10.2. The van der Waals surface area contributed by atoms with Crippen LogP contribution in [0.15, 0.2) is 45.4 Å². The third-order valence-corrected chi connectivity index (χ3v) is 4.24. The molecule has 0 bridgehead atoms. The van der Waals surface area contributed by atoms with Gasteiger partial charge in [0.15, 0.2) is 11.5 Å². The first-order chi connectivity index (χ1) is 11.9. The lowest BCUT2D eigenvalue weighted by Gasteiger charge is -2.12. The van der Waals surface area contributed by atoms with E-state index in [1.807, 2.05) is 6.92 Å². The van der Waals surface area contributed by atoms with Crippen molar-refractivity contribution in [1.82, 2.24) is 0 Å². The summed E-state index contributed by atoms with van der Waals surface area (Å²) in [4.78, 5) is 12.0. The Morgan fingerprint density at radius 1 is 1.28 bits per heavy atom. The van der Waals surface area contributed by atoms with E-state index in [4.69, 9.17) is 9.47 Å². The predicted molar refractivity (Wildman–Crippen MR) is 104 cm³/mol. The maximum absolute atomic E-state index is 13.7. The van der Waals surface area contributed by atoms with Gasteiger partial charge in [-0.05, 0) is 64.8 Å². The number of methoxy groups -OCH3 is 1. The zero-order valence-corrected chi connectivity index (χ0v) is 16.8. The summed E-state index contributed by atoms with van der Waals surface area (Å²) >= 11 is 6.59. The van der Waals surface area contributed by atoms with Gasteiger partial charge in [-0.2, -0.15) is 0 Å². The van der Waals surface area contributed by atoms with Gasteiger partial charge in [-0.1, -0.05) is 15.9 Å². The van der Waals surface area contributed by atoms with Crippen molar-refractivity contribution in [3.05, 3.63) is 56.7 Å². The van der Waals surface area contributed by atoms with Crippen molar-refractivity contribution in [3.63, 3.8) is 0 Å². The molecule has 0 aliphatic heterocycles. The first kappa shape index (κ1) is 19.5. The van der Waals surface area contributed by atoms with E-state index in [1.165, 1.54) is 18.2 Å². The molecule has 0 saturated carbocycles. The third kappa shape index (κ3) is 5.31. The number of nitrogens with one attached hydrogen (secondary N) is 1. The molecule has 1 amide bonds. The molecule has 0 unspecified atom stereocenters. The first-order valence-corrected chi connectivity index (χ1v) is 8.97. The van der Waals surface area contributed by atoms with E-state index in [2.05, 4.69) is 37.2 Å². The van der Waals surface area contributed by atoms with Crippen LogP contribution < -0.4 is 14.8 Å². The summed E-state index contributed by atoms with van der Waals surface area (Å²) in [5.74, 6) is 0.200. The Labute approximate surface area is 162 Å². The smallest absolute Gasteiger partial charge is 0.248 e. The summed E-state index contributed by atoms with van der Waals surface area (Å²) in [6.45, 7) is 2.39. The Bertz CT molecular complexity index is 809. The van der Waals surface area contributed by atoms with Crippen LogP contribution in [0.2, 0.25) is 0 Å². The van der Waals surface area contributed by atoms with Crippen molar-refractivity contribution in [3.8, 4) is 11.5 Å². The van der Waals surface area contributed by atoms with Crippen molar-refractivity contribution in [2.45, 2.75) is 6.92 Å². The molecule has 0 saturated heterocycles. The Kier molecular flexibility index (Phi) is 7.01. The van der Waals surface area contributed by atoms with Crippen molar-refractivity contribution < 1.29 is 18.7 Å². The fraction of sp³-hybridized carbons (Fsp3) is 0.167. The number of anilines is 1. The number of ether oxygens (including phenoxy) is 2. The zero-order valence-electron chi connectivity index (χ0n) is 13.6. The second kappa shape index (κ2) is 9.01. The van der Waals surface area contributed by atoms with Crippen molar-refractivity contribution in [2.24, 2.45) is 0 Å². The second-order valence-electron chi connectivity index (χ2n) is 4.91. The maximum Gasteiger partial charge on any atom is 0.248 e. The van der Waals surface area contributed by atoms with E-state index in [0.29, 0.717) is 27.1 Å². The Balaban J connectivity index is 2.15. The average Bonchev–Trinajstić information content (AvgIpc) is 2.57. The van der Waals surface area contributed by atoms with E-state index in [-0.39, 0.29) is 5.69 Å². The number of carbonyl (C=O) groups is 1. The third-order valence-electron chi connectivity index (χ3n) is 3.16. The van der Waals surface area contributed by atoms with Crippen LogP contribution >= 0.6 is 31.9 Å². The minimum absolute atomic E-state index is 0.114. The van der Waals surface area contributed by atoms with E-state index in [0.717, 1.165) is 5.56 Å². The molecule has 132 valence electrons. The summed E-state index contributed by atoms with van der Waals surface area (Å²) in [5, 5.41) is 2.49. The van der Waals surface area contributed by atoms with E-state index in [1.54, 1.807) is 31.4 Å². The average molecular weight is 473 g/mol. The van der Waals surface area contributed by atoms with Crippen LogP contribution in [-0.2, 0) is 4.79 Å². The highest BCUT2D eigenvalue weighted by atomic mass is 79.9. The number of hydrogen-bond acceptors (Lipinski definition) is 3. The fourth-order valence-corrected chi connectivity index (χ4v) is 2.96. The predicted octanol–water partition coefficient (Wildman–Crippen LogP) is 5.41.